The van der Waals surface area contributed by atoms with Gasteiger partial charge in [-0.3, -0.25) is 0 Å². The van der Waals surface area contributed by atoms with Crippen LogP contribution in [0, 0.1) is 0 Å². The fourth-order valence-corrected chi connectivity index (χ4v) is 1.16. The van der Waals surface area contributed by atoms with E-state index in [-0.39, 0.29) is 0 Å². The van der Waals surface area contributed by atoms with Gasteiger partial charge in [0.05, 0.1) is 11.0 Å². The normalized spacial score (nSPS) is 9.80. The summed E-state index contributed by atoms with van der Waals surface area (Å²) in [6.45, 7) is 0. The van der Waals surface area contributed by atoms with E-state index in [9.17, 15) is 0 Å². The third-order valence-electron chi connectivity index (χ3n) is 1.02. The summed E-state index contributed by atoms with van der Waals surface area (Å²) in [7, 11) is 0. The monoisotopic (exact) mass is 264 g/mol. The third-order valence-corrected chi connectivity index (χ3v) is 2.10. The minimum Gasteiger partial charge on any atom is -0.240 e. The Morgan fingerprint density at radius 1 is 1.30 bits per heavy atom. The lowest BCUT2D eigenvalue weighted by Gasteiger charge is -1.95. The van der Waals surface area contributed by atoms with Crippen molar-refractivity contribution in [1.29, 1.82) is 0 Å². The van der Waals surface area contributed by atoms with Crippen LogP contribution in [0.15, 0.2) is 12.3 Å². The lowest BCUT2D eigenvalue weighted by Crippen LogP contribution is -1.93. The van der Waals surface area contributed by atoms with E-state index >= 15 is 0 Å². The van der Waals surface area contributed by atoms with Gasteiger partial charge >= 0.3 is 0 Å². The van der Waals surface area contributed by atoms with E-state index in [0.717, 1.165) is 16.8 Å². The van der Waals surface area contributed by atoms with Crippen molar-refractivity contribution in [3.05, 3.63) is 23.8 Å². The summed E-state index contributed by atoms with van der Waals surface area (Å²) in [5.74, 6) is 0.831. The Balaban J connectivity index is 2.87. The SMILES string of the molecule is BrCc1ccnc(CBr)n1. The molecule has 0 fully saturated rings. The Bertz CT molecular complexity index is 195. The highest BCUT2D eigenvalue weighted by atomic mass is 79.9. The molecule has 1 aromatic heterocycles. The average Bonchev–Trinajstić information content (AvgIpc) is 2.05. The van der Waals surface area contributed by atoms with E-state index in [4.69, 9.17) is 0 Å². The Morgan fingerprint density at radius 3 is 2.70 bits per heavy atom. The first-order chi connectivity index (χ1) is 4.86. The van der Waals surface area contributed by atoms with E-state index < -0.39 is 0 Å². The van der Waals surface area contributed by atoms with Gasteiger partial charge in [-0.25, -0.2) is 9.97 Å². The number of hydrogen-bond acceptors (Lipinski definition) is 2. The van der Waals surface area contributed by atoms with E-state index in [1.807, 2.05) is 6.07 Å². The average molecular weight is 266 g/mol. The molecule has 1 rings (SSSR count). The summed E-state index contributed by atoms with van der Waals surface area (Å²) in [6, 6.07) is 1.89. The van der Waals surface area contributed by atoms with Crippen molar-refractivity contribution in [2.45, 2.75) is 10.7 Å². The molecule has 0 amide bonds. The van der Waals surface area contributed by atoms with Crippen molar-refractivity contribution < 1.29 is 0 Å². The van der Waals surface area contributed by atoms with Crippen molar-refractivity contribution in [2.24, 2.45) is 0 Å². The number of hydrogen-bond donors (Lipinski definition) is 0. The van der Waals surface area contributed by atoms with Gasteiger partial charge in [0.15, 0.2) is 0 Å². The van der Waals surface area contributed by atoms with Crippen LogP contribution in [0.4, 0.5) is 0 Å². The molecule has 0 saturated heterocycles. The van der Waals surface area contributed by atoms with Crippen LogP contribution in [0.1, 0.15) is 11.5 Å². The number of rotatable bonds is 2. The van der Waals surface area contributed by atoms with Gasteiger partial charge in [0, 0.05) is 11.5 Å². The van der Waals surface area contributed by atoms with E-state index in [1.54, 1.807) is 6.20 Å². The molecule has 1 aromatic rings. The Morgan fingerprint density at radius 2 is 2.10 bits per heavy atom. The molecule has 4 heteroatoms. The second kappa shape index (κ2) is 4.03. The fraction of sp³-hybridized carbons (Fsp3) is 0.333. The topological polar surface area (TPSA) is 25.8 Å². The quantitative estimate of drug-likeness (QED) is 0.767. The van der Waals surface area contributed by atoms with Crippen LogP contribution in [0.5, 0.6) is 0 Å². The molecule has 0 aliphatic rings. The molecule has 0 saturated carbocycles. The lowest BCUT2D eigenvalue weighted by molar-refractivity contribution is 0.996. The number of nitrogens with zero attached hydrogens (tertiary/aromatic N) is 2. The Kier molecular flexibility index (Phi) is 3.28. The second-order valence-electron chi connectivity index (χ2n) is 1.73. The Labute approximate surface area is 76.3 Å². The number of alkyl halides is 2. The van der Waals surface area contributed by atoms with Crippen LogP contribution in [0.25, 0.3) is 0 Å². The second-order valence-corrected chi connectivity index (χ2v) is 2.85. The standard InChI is InChI=1S/C6H6Br2N2/c7-3-5-1-2-9-6(4-8)10-5/h1-2H,3-4H2. The zero-order valence-corrected chi connectivity index (χ0v) is 8.39. The van der Waals surface area contributed by atoms with Crippen molar-refractivity contribution >= 4 is 31.9 Å². The molecule has 1 heterocycles. The van der Waals surface area contributed by atoms with E-state index in [1.165, 1.54) is 0 Å². The molecular weight excluding hydrogens is 260 g/mol. The van der Waals surface area contributed by atoms with Crippen LogP contribution < -0.4 is 0 Å². The van der Waals surface area contributed by atoms with Gasteiger partial charge in [-0.15, -0.1) is 0 Å². The third kappa shape index (κ3) is 2.02. The molecule has 0 N–H and O–H groups in total. The molecule has 54 valence electrons. The minimum absolute atomic E-state index is 0.716. The van der Waals surface area contributed by atoms with Crippen molar-refractivity contribution in [3.63, 3.8) is 0 Å². The molecule has 0 spiro atoms. The van der Waals surface area contributed by atoms with Gasteiger partial charge in [-0.05, 0) is 6.07 Å². The van der Waals surface area contributed by atoms with E-state index in [0.29, 0.717) is 5.33 Å². The zero-order valence-electron chi connectivity index (χ0n) is 5.22. The zero-order chi connectivity index (χ0) is 7.40. The van der Waals surface area contributed by atoms with E-state index in [2.05, 4.69) is 41.8 Å². The number of aromatic nitrogens is 2. The van der Waals surface area contributed by atoms with Crippen LogP contribution in [0.3, 0.4) is 0 Å². The van der Waals surface area contributed by atoms with Crippen LogP contribution in [0.2, 0.25) is 0 Å². The van der Waals surface area contributed by atoms with Gasteiger partial charge in [0.25, 0.3) is 0 Å². The summed E-state index contributed by atoms with van der Waals surface area (Å²) in [5.41, 5.74) is 1.02. The largest absolute Gasteiger partial charge is 0.240 e. The summed E-state index contributed by atoms with van der Waals surface area (Å²) >= 11 is 6.60. The molecule has 10 heavy (non-hydrogen) atoms. The predicted octanol–water partition coefficient (Wildman–Crippen LogP) is 2.27. The highest BCUT2D eigenvalue weighted by Gasteiger charge is 1.94. The maximum Gasteiger partial charge on any atom is 0.139 e. The van der Waals surface area contributed by atoms with Gasteiger partial charge in [0.1, 0.15) is 5.82 Å². The number of halogens is 2. The molecule has 2 nitrogen and oxygen atoms in total. The van der Waals surface area contributed by atoms with Gasteiger partial charge in [-0.1, -0.05) is 31.9 Å². The first-order valence-electron chi connectivity index (χ1n) is 2.79. The fourth-order valence-electron chi connectivity index (χ4n) is 0.580. The van der Waals surface area contributed by atoms with Crippen LogP contribution in [-0.4, -0.2) is 9.97 Å². The molecule has 0 aromatic carbocycles. The molecular formula is C6H6Br2N2. The van der Waals surface area contributed by atoms with Crippen LogP contribution in [-0.2, 0) is 10.7 Å². The minimum atomic E-state index is 0.716. The highest BCUT2D eigenvalue weighted by Crippen LogP contribution is 2.03. The first-order valence-corrected chi connectivity index (χ1v) is 5.04. The maximum absolute atomic E-state index is 4.20. The smallest absolute Gasteiger partial charge is 0.139 e. The summed E-state index contributed by atoms with van der Waals surface area (Å²) in [4.78, 5) is 8.23. The molecule has 0 aliphatic heterocycles. The van der Waals surface area contributed by atoms with Crippen molar-refractivity contribution in [3.8, 4) is 0 Å². The Hall–Kier alpha value is 0.0400. The van der Waals surface area contributed by atoms with Gasteiger partial charge < -0.3 is 0 Å². The maximum atomic E-state index is 4.20. The van der Waals surface area contributed by atoms with Gasteiger partial charge in [0.2, 0.25) is 0 Å². The van der Waals surface area contributed by atoms with Crippen molar-refractivity contribution in [2.75, 3.05) is 0 Å². The van der Waals surface area contributed by atoms with Gasteiger partial charge in [-0.2, -0.15) is 0 Å². The van der Waals surface area contributed by atoms with Crippen LogP contribution >= 0.6 is 31.9 Å². The summed E-state index contributed by atoms with van der Waals surface area (Å²) in [5, 5.41) is 1.50. The lowest BCUT2D eigenvalue weighted by atomic mass is 10.4. The molecule has 0 unspecified atom stereocenters. The van der Waals surface area contributed by atoms with Crippen molar-refractivity contribution in [1.82, 2.24) is 9.97 Å². The summed E-state index contributed by atoms with van der Waals surface area (Å²) < 4.78 is 0. The first kappa shape index (κ1) is 8.14. The summed E-state index contributed by atoms with van der Waals surface area (Å²) in [6.07, 6.45) is 1.76. The molecule has 0 aliphatic carbocycles. The molecule has 0 radical (unpaired) electrons. The molecule has 0 bridgehead atoms. The highest BCUT2D eigenvalue weighted by molar-refractivity contribution is 9.08. The predicted molar refractivity (Wildman–Crippen MR) is 47.3 cm³/mol. The molecule has 0 atom stereocenters.